The Morgan fingerprint density at radius 1 is 0.590 bits per heavy atom. The molecule has 0 spiro atoms. The van der Waals surface area contributed by atoms with E-state index in [-0.39, 0.29) is 33.4 Å². The third-order valence-corrected chi connectivity index (χ3v) is 7.38. The summed E-state index contributed by atoms with van der Waals surface area (Å²) in [5, 5.41) is 3.71. The molecule has 0 fully saturated rings. The first-order chi connectivity index (χ1) is 22.6. The molecule has 2 aromatic heterocycles. The summed E-state index contributed by atoms with van der Waals surface area (Å²) >= 11 is 0. The molecule has 7 aromatic rings. The minimum atomic E-state index is -2.71. The minimum Gasteiger partial charge on any atom is -0.455 e. The van der Waals surface area contributed by atoms with Crippen molar-refractivity contribution in [1.82, 2.24) is 4.98 Å². The lowest BCUT2D eigenvalue weighted by molar-refractivity contribution is 0.673. The lowest BCUT2D eigenvalue weighted by atomic mass is 9.90. The van der Waals surface area contributed by atoms with Crippen LogP contribution in [0.2, 0.25) is 0 Å². The number of benzene rings is 5. The van der Waals surface area contributed by atoms with E-state index in [9.17, 15) is 0 Å². The number of para-hydroxylation sites is 1. The van der Waals surface area contributed by atoms with Gasteiger partial charge in [0.15, 0.2) is 0 Å². The smallest absolute Gasteiger partial charge is 0.144 e. The number of rotatable bonds is 3. The molecule has 0 saturated carbocycles. The Morgan fingerprint density at radius 2 is 1.31 bits per heavy atom. The van der Waals surface area contributed by atoms with Crippen LogP contribution in [0.1, 0.15) is 34.6 Å². The lowest BCUT2D eigenvalue weighted by Crippen LogP contribution is -1.94. The summed E-state index contributed by atoms with van der Waals surface area (Å²) in [5.74, 6) is 0. The second-order valence-corrected chi connectivity index (χ2v) is 9.87. The highest BCUT2D eigenvalue weighted by atomic mass is 16.3. The van der Waals surface area contributed by atoms with Crippen LogP contribution in [0.3, 0.4) is 0 Å². The second kappa shape index (κ2) is 8.96. The van der Waals surface area contributed by atoms with Crippen molar-refractivity contribution in [2.45, 2.75) is 27.5 Å². The highest BCUT2D eigenvalue weighted by Crippen LogP contribution is 2.40. The number of nitrogens with zero attached hydrogens (tertiary/aromatic N) is 1. The van der Waals surface area contributed by atoms with Gasteiger partial charge in [0.05, 0.1) is 5.69 Å². The largest absolute Gasteiger partial charge is 0.455 e. The number of hydrogen-bond donors (Lipinski definition) is 0. The summed E-state index contributed by atoms with van der Waals surface area (Å²) in [6, 6.07) is 28.9. The number of hydrogen-bond acceptors (Lipinski definition) is 2. The number of fused-ring (bicyclic) bond motifs is 5. The molecule has 0 atom stereocenters. The van der Waals surface area contributed by atoms with Gasteiger partial charge in [0.25, 0.3) is 0 Å². The molecule has 0 N–H and O–H groups in total. The Kier molecular flexibility index (Phi) is 3.60. The van der Waals surface area contributed by atoms with Gasteiger partial charge in [-0.15, -0.1) is 0 Å². The second-order valence-electron chi connectivity index (χ2n) is 9.87. The van der Waals surface area contributed by atoms with E-state index in [4.69, 9.17) is 16.8 Å². The molecule has 0 bridgehead atoms. The van der Waals surface area contributed by atoms with Crippen molar-refractivity contribution in [3.63, 3.8) is 0 Å². The van der Waals surface area contributed by atoms with E-state index in [1.807, 2.05) is 73.7 Å². The maximum Gasteiger partial charge on any atom is 0.144 e. The lowest BCUT2D eigenvalue weighted by Gasteiger charge is -2.16. The Hall–Kier alpha value is -4.69. The van der Waals surface area contributed by atoms with Crippen LogP contribution in [0.25, 0.3) is 66.2 Å². The van der Waals surface area contributed by atoms with E-state index in [0.717, 1.165) is 27.1 Å². The first-order valence-electron chi connectivity index (χ1n) is 17.2. The van der Waals surface area contributed by atoms with Gasteiger partial charge in [0.2, 0.25) is 0 Å². The maximum absolute atomic E-state index is 8.48. The van der Waals surface area contributed by atoms with E-state index in [2.05, 4.69) is 4.98 Å². The van der Waals surface area contributed by atoms with E-state index >= 15 is 0 Å². The van der Waals surface area contributed by atoms with Crippen LogP contribution in [0.15, 0.2) is 108 Å². The Bertz CT molecular complexity index is 2360. The Balaban J connectivity index is 1.53. The number of furan rings is 1. The van der Waals surface area contributed by atoms with E-state index in [0.29, 0.717) is 28.0 Å². The van der Waals surface area contributed by atoms with Gasteiger partial charge in [-0.25, -0.2) is 0 Å². The van der Waals surface area contributed by atoms with Gasteiger partial charge in [0, 0.05) is 40.3 Å². The first-order valence-corrected chi connectivity index (χ1v) is 12.7. The number of aromatic nitrogens is 1. The van der Waals surface area contributed by atoms with E-state index < -0.39 is 20.6 Å². The molecule has 0 amide bonds. The summed E-state index contributed by atoms with van der Waals surface area (Å²) in [6.45, 7) is -6.14. The molecule has 0 aliphatic rings. The fourth-order valence-corrected chi connectivity index (χ4v) is 5.35. The number of aryl methyl sites for hydroxylation is 4. The standard InChI is InChI=1S/C37H29NO/c1-22-12-14-27(15-13-22)32-18-24(3)33(19-23(32)2)34-20-35(38-21-25(34)4)31-11-7-10-29-30-17-16-26-8-5-6-9-28(26)36(30)39-37(29)31/h5-21H,1-4H3/i2D3,3D3,4D3. The van der Waals surface area contributed by atoms with Crippen molar-refractivity contribution in [2.75, 3.05) is 0 Å². The van der Waals surface area contributed by atoms with Crippen molar-refractivity contribution in [2.24, 2.45) is 0 Å². The zero-order valence-corrected chi connectivity index (χ0v) is 21.2. The van der Waals surface area contributed by atoms with Crippen molar-refractivity contribution >= 4 is 32.7 Å². The van der Waals surface area contributed by atoms with Crippen molar-refractivity contribution in [1.29, 1.82) is 0 Å². The summed E-state index contributed by atoms with van der Waals surface area (Å²) in [5.41, 5.74) is 3.52. The SMILES string of the molecule is [2H]C([2H])([2H])c1cc(-c2cc(-c3cccc4c3oc3c5ccccc5ccc43)ncc2C([2H])([2H])[2H])c(C([2H])([2H])[2H])cc1-c1ccc(C)cc1. The Morgan fingerprint density at radius 3 is 2.15 bits per heavy atom. The molecule has 2 heteroatoms. The van der Waals surface area contributed by atoms with Gasteiger partial charge >= 0.3 is 0 Å². The summed E-state index contributed by atoms with van der Waals surface area (Å²) < 4.78 is 82.2. The van der Waals surface area contributed by atoms with E-state index in [1.54, 1.807) is 12.1 Å². The van der Waals surface area contributed by atoms with Crippen LogP contribution in [0.5, 0.6) is 0 Å². The summed E-state index contributed by atoms with van der Waals surface area (Å²) in [4.78, 5) is 4.55. The van der Waals surface area contributed by atoms with Gasteiger partial charge < -0.3 is 4.42 Å². The maximum atomic E-state index is 8.48. The quantitative estimate of drug-likeness (QED) is 0.235. The van der Waals surface area contributed by atoms with Crippen LogP contribution in [0.4, 0.5) is 0 Å². The molecule has 0 aliphatic carbocycles. The van der Waals surface area contributed by atoms with Gasteiger partial charge in [-0.05, 0) is 90.0 Å². The van der Waals surface area contributed by atoms with Crippen LogP contribution in [-0.2, 0) is 0 Å². The molecule has 39 heavy (non-hydrogen) atoms. The normalized spacial score (nSPS) is 16.0. The van der Waals surface area contributed by atoms with Gasteiger partial charge in [-0.3, -0.25) is 4.98 Å². The predicted molar refractivity (Wildman–Crippen MR) is 164 cm³/mol. The molecule has 0 radical (unpaired) electrons. The first kappa shape index (κ1) is 15.7. The predicted octanol–water partition coefficient (Wildman–Crippen LogP) is 10.4. The molecule has 5 aromatic carbocycles. The monoisotopic (exact) mass is 512 g/mol. The van der Waals surface area contributed by atoms with Crippen molar-refractivity contribution in [3.8, 4) is 33.5 Å². The van der Waals surface area contributed by atoms with Gasteiger partial charge in [0.1, 0.15) is 11.2 Å². The highest BCUT2D eigenvalue weighted by molar-refractivity contribution is 6.17. The molecule has 0 saturated heterocycles. The van der Waals surface area contributed by atoms with Crippen LogP contribution < -0.4 is 0 Å². The van der Waals surface area contributed by atoms with Crippen molar-refractivity contribution in [3.05, 3.63) is 126 Å². The van der Waals surface area contributed by atoms with Gasteiger partial charge in [-0.1, -0.05) is 84.4 Å². The fraction of sp³-hybridized carbons (Fsp3) is 0.108. The highest BCUT2D eigenvalue weighted by Gasteiger charge is 2.17. The van der Waals surface area contributed by atoms with Crippen LogP contribution in [0, 0.1) is 27.5 Å². The fourth-order valence-electron chi connectivity index (χ4n) is 5.35. The third-order valence-electron chi connectivity index (χ3n) is 7.38. The van der Waals surface area contributed by atoms with Crippen molar-refractivity contribution < 1.29 is 16.8 Å². The summed E-state index contributed by atoms with van der Waals surface area (Å²) in [6.07, 6.45) is 1.22. The zero-order chi connectivity index (χ0) is 34.2. The molecule has 188 valence electrons. The van der Waals surface area contributed by atoms with E-state index in [1.165, 1.54) is 24.4 Å². The van der Waals surface area contributed by atoms with Gasteiger partial charge in [-0.2, -0.15) is 0 Å². The minimum absolute atomic E-state index is 0.00506. The number of pyridine rings is 1. The molecular formula is C37H29NO. The zero-order valence-electron chi connectivity index (χ0n) is 30.2. The summed E-state index contributed by atoms with van der Waals surface area (Å²) in [7, 11) is 0. The molecule has 2 nitrogen and oxygen atoms in total. The molecule has 0 aliphatic heterocycles. The molecule has 2 heterocycles. The van der Waals surface area contributed by atoms with Crippen LogP contribution in [-0.4, -0.2) is 4.98 Å². The average Bonchev–Trinajstić information content (AvgIpc) is 3.42. The molecule has 7 rings (SSSR count). The molecular weight excluding hydrogens is 474 g/mol. The topological polar surface area (TPSA) is 26.0 Å². The molecule has 0 unspecified atom stereocenters. The van der Waals surface area contributed by atoms with Crippen LogP contribution >= 0.6 is 0 Å². The Labute approximate surface area is 241 Å². The third kappa shape index (κ3) is 3.83. The average molecular weight is 513 g/mol.